The van der Waals surface area contributed by atoms with Crippen LogP contribution in [0.15, 0.2) is 65.6 Å². The Morgan fingerprint density at radius 1 is 0.879 bits per heavy atom. The van der Waals surface area contributed by atoms with E-state index in [0.717, 1.165) is 16.7 Å². The van der Waals surface area contributed by atoms with E-state index in [4.69, 9.17) is 9.47 Å². The van der Waals surface area contributed by atoms with Crippen LogP contribution >= 0.6 is 0 Å². The summed E-state index contributed by atoms with van der Waals surface area (Å²) in [6.45, 7) is 4.28. The van der Waals surface area contributed by atoms with Gasteiger partial charge in [0, 0.05) is 23.9 Å². The van der Waals surface area contributed by atoms with E-state index in [1.165, 1.54) is 24.3 Å². The van der Waals surface area contributed by atoms with Crippen LogP contribution in [0.3, 0.4) is 0 Å². The number of hydrogen-bond acceptors (Lipinski definition) is 5. The standard InChI is InChI=1S/C25H28N2O5S/c1-17-5-9-21(15-18(17)2)27-33(29,30)23-11-7-20(8-12-23)25(28)26-14-13-19-6-10-22(31-3)16-24(19)32-4/h5-12,15-16,27H,13-14H2,1-4H3,(H,26,28). The van der Waals surface area contributed by atoms with Gasteiger partial charge in [-0.15, -0.1) is 0 Å². The van der Waals surface area contributed by atoms with Crippen molar-refractivity contribution in [2.75, 3.05) is 25.5 Å². The van der Waals surface area contributed by atoms with Crippen LogP contribution in [0.4, 0.5) is 5.69 Å². The molecule has 3 aromatic carbocycles. The van der Waals surface area contributed by atoms with E-state index in [2.05, 4.69) is 10.0 Å². The number of carbonyl (C=O) groups excluding carboxylic acids is 1. The zero-order chi connectivity index (χ0) is 24.0. The lowest BCUT2D eigenvalue weighted by Crippen LogP contribution is -2.25. The number of carbonyl (C=O) groups is 1. The predicted octanol–water partition coefficient (Wildman–Crippen LogP) is 4.09. The molecule has 0 aliphatic carbocycles. The van der Waals surface area contributed by atoms with Crippen molar-refractivity contribution < 1.29 is 22.7 Å². The fourth-order valence-electron chi connectivity index (χ4n) is 3.28. The van der Waals surface area contributed by atoms with Crippen LogP contribution < -0.4 is 19.5 Å². The molecule has 174 valence electrons. The summed E-state index contributed by atoms with van der Waals surface area (Å²) in [4.78, 5) is 12.6. The van der Waals surface area contributed by atoms with Gasteiger partial charge in [0.05, 0.1) is 19.1 Å². The summed E-state index contributed by atoms with van der Waals surface area (Å²) in [5, 5.41) is 2.85. The molecule has 0 heterocycles. The number of nitrogens with one attached hydrogen (secondary N) is 2. The first kappa shape index (κ1) is 24.1. The van der Waals surface area contributed by atoms with Gasteiger partial charge < -0.3 is 14.8 Å². The van der Waals surface area contributed by atoms with Gasteiger partial charge in [-0.05, 0) is 79.4 Å². The number of amides is 1. The lowest BCUT2D eigenvalue weighted by atomic mass is 10.1. The van der Waals surface area contributed by atoms with E-state index in [1.54, 1.807) is 32.4 Å². The smallest absolute Gasteiger partial charge is 0.261 e. The number of hydrogen-bond donors (Lipinski definition) is 2. The molecule has 3 rings (SSSR count). The van der Waals surface area contributed by atoms with Gasteiger partial charge in [-0.25, -0.2) is 8.42 Å². The van der Waals surface area contributed by atoms with Crippen LogP contribution in [-0.2, 0) is 16.4 Å². The highest BCUT2D eigenvalue weighted by Crippen LogP contribution is 2.25. The number of sulfonamides is 1. The molecular weight excluding hydrogens is 440 g/mol. The van der Waals surface area contributed by atoms with Crippen LogP contribution in [0.25, 0.3) is 0 Å². The first-order chi connectivity index (χ1) is 15.7. The molecule has 0 bridgehead atoms. The summed E-state index contributed by atoms with van der Waals surface area (Å²) in [6.07, 6.45) is 0.575. The molecule has 0 aliphatic rings. The molecule has 0 unspecified atom stereocenters. The van der Waals surface area contributed by atoms with Gasteiger partial charge in [0.2, 0.25) is 0 Å². The van der Waals surface area contributed by atoms with E-state index >= 15 is 0 Å². The SMILES string of the molecule is COc1ccc(CCNC(=O)c2ccc(S(=O)(=O)Nc3ccc(C)c(C)c3)cc2)c(OC)c1. The number of methoxy groups -OCH3 is 2. The van der Waals surface area contributed by atoms with Gasteiger partial charge in [0.25, 0.3) is 15.9 Å². The Morgan fingerprint density at radius 3 is 2.24 bits per heavy atom. The van der Waals surface area contributed by atoms with E-state index < -0.39 is 10.0 Å². The van der Waals surface area contributed by atoms with Crippen LogP contribution in [0, 0.1) is 13.8 Å². The number of ether oxygens (including phenoxy) is 2. The third kappa shape index (κ3) is 6.04. The number of benzene rings is 3. The Kier molecular flexibility index (Phi) is 7.60. The molecule has 0 atom stereocenters. The minimum Gasteiger partial charge on any atom is -0.497 e. The Bertz CT molecular complexity index is 1240. The molecule has 2 N–H and O–H groups in total. The molecule has 7 nitrogen and oxygen atoms in total. The Morgan fingerprint density at radius 2 is 1.61 bits per heavy atom. The highest BCUT2D eigenvalue weighted by atomic mass is 32.2. The van der Waals surface area contributed by atoms with Crippen molar-refractivity contribution in [1.29, 1.82) is 0 Å². The molecule has 0 aromatic heterocycles. The molecule has 0 radical (unpaired) electrons. The molecule has 8 heteroatoms. The summed E-state index contributed by atoms with van der Waals surface area (Å²) < 4.78 is 38.5. The quantitative estimate of drug-likeness (QED) is 0.493. The zero-order valence-corrected chi connectivity index (χ0v) is 20.0. The molecule has 0 saturated carbocycles. The second-order valence-corrected chi connectivity index (χ2v) is 9.29. The van der Waals surface area contributed by atoms with Crippen molar-refractivity contribution in [3.8, 4) is 11.5 Å². The van der Waals surface area contributed by atoms with Crippen LogP contribution in [0.5, 0.6) is 11.5 Å². The largest absolute Gasteiger partial charge is 0.497 e. The van der Waals surface area contributed by atoms with Gasteiger partial charge in [-0.1, -0.05) is 12.1 Å². The highest BCUT2D eigenvalue weighted by Gasteiger charge is 2.16. The Hall–Kier alpha value is -3.52. The Balaban J connectivity index is 1.61. The minimum atomic E-state index is -3.76. The maximum absolute atomic E-state index is 12.7. The van der Waals surface area contributed by atoms with Gasteiger partial charge in [0.1, 0.15) is 11.5 Å². The minimum absolute atomic E-state index is 0.0836. The molecule has 0 saturated heterocycles. The Labute approximate surface area is 194 Å². The molecule has 0 aliphatic heterocycles. The first-order valence-electron chi connectivity index (χ1n) is 10.4. The second kappa shape index (κ2) is 10.4. The molecule has 0 spiro atoms. The summed E-state index contributed by atoms with van der Waals surface area (Å²) in [5.41, 5.74) is 3.89. The van der Waals surface area contributed by atoms with Crippen molar-refractivity contribution in [3.05, 3.63) is 82.9 Å². The van der Waals surface area contributed by atoms with Crippen molar-refractivity contribution >= 4 is 21.6 Å². The van der Waals surface area contributed by atoms with Crippen LogP contribution in [-0.4, -0.2) is 35.1 Å². The first-order valence-corrected chi connectivity index (χ1v) is 11.9. The van der Waals surface area contributed by atoms with Crippen molar-refractivity contribution in [2.45, 2.75) is 25.2 Å². The number of aryl methyl sites for hydroxylation is 2. The topological polar surface area (TPSA) is 93.7 Å². The third-order valence-electron chi connectivity index (χ3n) is 5.36. The molecule has 1 amide bonds. The normalized spacial score (nSPS) is 11.0. The molecule has 3 aromatic rings. The molecular formula is C25H28N2O5S. The van der Waals surface area contributed by atoms with E-state index in [0.29, 0.717) is 35.7 Å². The summed E-state index contributed by atoms with van der Waals surface area (Å²) in [7, 11) is -0.585. The average molecular weight is 469 g/mol. The van der Waals surface area contributed by atoms with Crippen molar-refractivity contribution in [3.63, 3.8) is 0 Å². The van der Waals surface area contributed by atoms with E-state index in [1.807, 2.05) is 32.0 Å². The van der Waals surface area contributed by atoms with Crippen molar-refractivity contribution in [1.82, 2.24) is 5.32 Å². The van der Waals surface area contributed by atoms with Gasteiger partial charge in [-0.2, -0.15) is 0 Å². The van der Waals surface area contributed by atoms with Gasteiger partial charge >= 0.3 is 0 Å². The lowest BCUT2D eigenvalue weighted by Gasteiger charge is -2.12. The number of rotatable bonds is 9. The zero-order valence-electron chi connectivity index (χ0n) is 19.1. The maximum atomic E-state index is 12.7. The predicted molar refractivity (Wildman–Crippen MR) is 129 cm³/mol. The third-order valence-corrected chi connectivity index (χ3v) is 6.76. The van der Waals surface area contributed by atoms with Crippen LogP contribution in [0.2, 0.25) is 0 Å². The summed E-state index contributed by atoms with van der Waals surface area (Å²) in [5.74, 6) is 1.10. The maximum Gasteiger partial charge on any atom is 0.261 e. The lowest BCUT2D eigenvalue weighted by molar-refractivity contribution is 0.0954. The van der Waals surface area contributed by atoms with Gasteiger partial charge in [-0.3, -0.25) is 9.52 Å². The number of anilines is 1. The van der Waals surface area contributed by atoms with Gasteiger partial charge in [0.15, 0.2) is 0 Å². The monoisotopic (exact) mass is 468 g/mol. The van der Waals surface area contributed by atoms with E-state index in [9.17, 15) is 13.2 Å². The van der Waals surface area contributed by atoms with Crippen molar-refractivity contribution in [2.24, 2.45) is 0 Å². The highest BCUT2D eigenvalue weighted by molar-refractivity contribution is 7.92. The summed E-state index contributed by atoms with van der Waals surface area (Å²) >= 11 is 0. The summed E-state index contributed by atoms with van der Waals surface area (Å²) in [6, 6.07) is 16.7. The fraction of sp³-hybridized carbons (Fsp3) is 0.240. The van der Waals surface area contributed by atoms with Crippen LogP contribution in [0.1, 0.15) is 27.0 Å². The van der Waals surface area contributed by atoms with E-state index in [-0.39, 0.29) is 10.8 Å². The second-order valence-electron chi connectivity index (χ2n) is 7.61. The fourth-order valence-corrected chi connectivity index (χ4v) is 4.33. The average Bonchev–Trinajstić information content (AvgIpc) is 2.81. The molecule has 0 fully saturated rings. The molecule has 33 heavy (non-hydrogen) atoms.